The number of ether oxygens (including phenoxy) is 1. The SMILES string of the molecule is C=CC(C)(C)OC(=O)c1cc(O)cc(C(CC(C)(C)C)C(C)(C)C)c1. The van der Waals surface area contributed by atoms with Crippen LogP contribution in [0.15, 0.2) is 30.9 Å². The van der Waals surface area contributed by atoms with E-state index in [2.05, 4.69) is 48.1 Å². The molecule has 0 aromatic heterocycles. The van der Waals surface area contributed by atoms with Gasteiger partial charge in [0.2, 0.25) is 0 Å². The van der Waals surface area contributed by atoms with Crippen molar-refractivity contribution < 1.29 is 14.6 Å². The third-order valence-electron chi connectivity index (χ3n) is 4.29. The molecule has 3 heteroatoms. The first-order valence-electron chi connectivity index (χ1n) is 8.85. The van der Waals surface area contributed by atoms with Crippen LogP contribution in [0.1, 0.15) is 83.7 Å². The van der Waals surface area contributed by atoms with E-state index in [1.165, 1.54) is 6.07 Å². The normalized spacial score (nSPS) is 14.1. The highest BCUT2D eigenvalue weighted by atomic mass is 16.6. The van der Waals surface area contributed by atoms with Gasteiger partial charge >= 0.3 is 5.97 Å². The number of rotatable bonds is 5. The Morgan fingerprint density at radius 2 is 1.68 bits per heavy atom. The van der Waals surface area contributed by atoms with Crippen molar-refractivity contribution in [2.75, 3.05) is 0 Å². The highest BCUT2D eigenvalue weighted by molar-refractivity contribution is 5.90. The molecule has 1 atom stereocenters. The highest BCUT2D eigenvalue weighted by Gasteiger charge is 2.31. The van der Waals surface area contributed by atoms with Crippen LogP contribution in [0.3, 0.4) is 0 Å². The van der Waals surface area contributed by atoms with E-state index < -0.39 is 11.6 Å². The van der Waals surface area contributed by atoms with Crippen molar-refractivity contribution in [3.8, 4) is 5.75 Å². The van der Waals surface area contributed by atoms with Crippen LogP contribution < -0.4 is 0 Å². The summed E-state index contributed by atoms with van der Waals surface area (Å²) in [5, 5.41) is 10.2. The molecule has 1 rings (SSSR count). The minimum Gasteiger partial charge on any atom is -0.508 e. The zero-order valence-corrected chi connectivity index (χ0v) is 17.1. The lowest BCUT2D eigenvalue weighted by molar-refractivity contribution is 0.0174. The molecule has 1 aromatic carbocycles. The minimum absolute atomic E-state index is 0.00261. The zero-order valence-electron chi connectivity index (χ0n) is 17.1. The Balaban J connectivity index is 3.30. The van der Waals surface area contributed by atoms with Crippen LogP contribution in [-0.4, -0.2) is 16.7 Å². The average Bonchev–Trinajstić information content (AvgIpc) is 2.41. The van der Waals surface area contributed by atoms with Crippen LogP contribution >= 0.6 is 0 Å². The lowest BCUT2D eigenvalue weighted by Crippen LogP contribution is -2.26. The van der Waals surface area contributed by atoms with E-state index >= 15 is 0 Å². The summed E-state index contributed by atoms with van der Waals surface area (Å²) in [4.78, 5) is 12.5. The number of phenolic OH excluding ortho intramolecular Hbond substituents is 1. The molecule has 0 aliphatic carbocycles. The second-order valence-corrected chi connectivity index (χ2v) is 9.69. The van der Waals surface area contributed by atoms with Crippen molar-refractivity contribution >= 4 is 5.97 Å². The number of phenols is 1. The van der Waals surface area contributed by atoms with Crippen molar-refractivity contribution in [1.29, 1.82) is 0 Å². The lowest BCUT2D eigenvalue weighted by Gasteiger charge is -2.36. The summed E-state index contributed by atoms with van der Waals surface area (Å²) < 4.78 is 5.48. The van der Waals surface area contributed by atoms with E-state index in [4.69, 9.17) is 4.74 Å². The van der Waals surface area contributed by atoms with Crippen LogP contribution in [0.4, 0.5) is 0 Å². The minimum atomic E-state index is -0.752. The first-order chi connectivity index (χ1) is 11.1. The van der Waals surface area contributed by atoms with Gasteiger partial charge in [-0.05, 0) is 66.9 Å². The van der Waals surface area contributed by atoms with Gasteiger partial charge in [0.1, 0.15) is 11.4 Å². The molecule has 0 saturated carbocycles. The van der Waals surface area contributed by atoms with Crippen LogP contribution in [0.5, 0.6) is 5.75 Å². The predicted octanol–water partition coefficient (Wildman–Crippen LogP) is 6.08. The number of hydrogen-bond acceptors (Lipinski definition) is 3. The molecule has 0 aliphatic heterocycles. The van der Waals surface area contributed by atoms with Gasteiger partial charge in [-0.15, -0.1) is 0 Å². The van der Waals surface area contributed by atoms with Gasteiger partial charge in [0.05, 0.1) is 5.56 Å². The van der Waals surface area contributed by atoms with Crippen LogP contribution in [0.2, 0.25) is 0 Å². The molecule has 0 amide bonds. The molecule has 140 valence electrons. The second-order valence-electron chi connectivity index (χ2n) is 9.69. The fourth-order valence-corrected chi connectivity index (χ4v) is 2.83. The van der Waals surface area contributed by atoms with E-state index in [0.29, 0.717) is 5.56 Å². The summed E-state index contributed by atoms with van der Waals surface area (Å²) in [5.74, 6) is -0.159. The first-order valence-corrected chi connectivity index (χ1v) is 8.85. The average molecular weight is 347 g/mol. The third-order valence-corrected chi connectivity index (χ3v) is 4.29. The van der Waals surface area contributed by atoms with Gasteiger partial charge in [0.15, 0.2) is 0 Å². The van der Waals surface area contributed by atoms with E-state index in [1.54, 1.807) is 26.0 Å². The van der Waals surface area contributed by atoms with Gasteiger partial charge in [-0.1, -0.05) is 48.1 Å². The maximum atomic E-state index is 12.5. The lowest BCUT2D eigenvalue weighted by atomic mass is 9.69. The molecule has 0 bridgehead atoms. The van der Waals surface area contributed by atoms with Crippen molar-refractivity contribution in [1.82, 2.24) is 0 Å². The molecule has 0 aliphatic rings. The largest absolute Gasteiger partial charge is 0.508 e. The molecule has 0 saturated heterocycles. The molecule has 3 nitrogen and oxygen atoms in total. The summed E-state index contributed by atoms with van der Waals surface area (Å²) in [6, 6.07) is 5.07. The Morgan fingerprint density at radius 3 is 2.12 bits per heavy atom. The van der Waals surface area contributed by atoms with Gasteiger partial charge in [-0.25, -0.2) is 4.79 Å². The van der Waals surface area contributed by atoms with Crippen LogP contribution in [0, 0.1) is 10.8 Å². The van der Waals surface area contributed by atoms with Gasteiger partial charge in [0.25, 0.3) is 0 Å². The topological polar surface area (TPSA) is 46.5 Å². The van der Waals surface area contributed by atoms with Gasteiger partial charge in [-0.3, -0.25) is 0 Å². The van der Waals surface area contributed by atoms with E-state index in [9.17, 15) is 9.90 Å². The third kappa shape index (κ3) is 6.56. The van der Waals surface area contributed by atoms with Gasteiger partial charge < -0.3 is 9.84 Å². The summed E-state index contributed by atoms with van der Waals surface area (Å²) in [7, 11) is 0. The number of esters is 1. The zero-order chi connectivity index (χ0) is 19.6. The molecule has 1 unspecified atom stereocenters. The van der Waals surface area contributed by atoms with Crippen LogP contribution in [0.25, 0.3) is 0 Å². The van der Waals surface area contributed by atoms with Crippen molar-refractivity contribution in [3.05, 3.63) is 42.0 Å². The molecule has 0 spiro atoms. The summed E-state index contributed by atoms with van der Waals surface area (Å²) in [6.45, 7) is 20.4. The predicted molar refractivity (Wildman–Crippen MR) is 104 cm³/mol. The molecule has 1 N–H and O–H groups in total. The quantitative estimate of drug-likeness (QED) is 0.519. The number of hydrogen-bond donors (Lipinski definition) is 1. The monoisotopic (exact) mass is 346 g/mol. The molecular formula is C22H34O3. The summed E-state index contributed by atoms with van der Waals surface area (Å²) in [6.07, 6.45) is 2.54. The standard InChI is InChI=1S/C22H34O3/c1-10-22(8,9)25-19(24)16-11-15(12-17(23)13-16)18(21(5,6)7)14-20(2,3)4/h10-13,18,23H,1,14H2,2-9H3. The molecular weight excluding hydrogens is 312 g/mol. The second kappa shape index (κ2) is 7.23. The molecule has 25 heavy (non-hydrogen) atoms. The van der Waals surface area contributed by atoms with Crippen molar-refractivity contribution in [2.24, 2.45) is 10.8 Å². The van der Waals surface area contributed by atoms with E-state index in [0.717, 1.165) is 12.0 Å². The fourth-order valence-electron chi connectivity index (χ4n) is 2.83. The van der Waals surface area contributed by atoms with E-state index in [-0.39, 0.29) is 22.5 Å². The maximum absolute atomic E-state index is 12.5. The van der Waals surface area contributed by atoms with Crippen LogP contribution in [-0.2, 0) is 4.74 Å². The van der Waals surface area contributed by atoms with Gasteiger partial charge in [0, 0.05) is 0 Å². The van der Waals surface area contributed by atoms with Crippen molar-refractivity contribution in [2.45, 2.75) is 73.3 Å². The number of carbonyl (C=O) groups is 1. The van der Waals surface area contributed by atoms with Gasteiger partial charge in [-0.2, -0.15) is 0 Å². The maximum Gasteiger partial charge on any atom is 0.339 e. The smallest absolute Gasteiger partial charge is 0.339 e. The highest BCUT2D eigenvalue weighted by Crippen LogP contribution is 2.44. The Hall–Kier alpha value is -1.77. The Morgan fingerprint density at radius 1 is 1.12 bits per heavy atom. The Kier molecular flexibility index (Phi) is 6.15. The van der Waals surface area contributed by atoms with E-state index in [1.807, 2.05) is 6.07 Å². The molecule has 0 heterocycles. The first kappa shape index (κ1) is 21.3. The Labute approximate surface area is 153 Å². The van der Waals surface area contributed by atoms with Crippen molar-refractivity contribution in [3.63, 3.8) is 0 Å². The molecule has 0 fully saturated rings. The number of carbonyl (C=O) groups excluding carboxylic acids is 1. The fraction of sp³-hybridized carbons (Fsp3) is 0.591. The summed E-state index contributed by atoms with van der Waals surface area (Å²) in [5.41, 5.74) is 0.716. The number of benzene rings is 1. The summed E-state index contributed by atoms with van der Waals surface area (Å²) >= 11 is 0. The molecule has 1 aromatic rings. The number of aromatic hydroxyl groups is 1. The Bertz CT molecular complexity index is 628. The molecule has 0 radical (unpaired) electrons.